The van der Waals surface area contributed by atoms with Gasteiger partial charge in [0.25, 0.3) is 5.91 Å². The van der Waals surface area contributed by atoms with E-state index in [0.29, 0.717) is 5.00 Å². The third kappa shape index (κ3) is 2.70. The molecule has 20 heavy (non-hydrogen) atoms. The summed E-state index contributed by atoms with van der Waals surface area (Å²) in [6, 6.07) is 0. The van der Waals surface area contributed by atoms with Gasteiger partial charge in [0.2, 0.25) is 0 Å². The lowest BCUT2D eigenvalue weighted by Crippen LogP contribution is -2.28. The van der Waals surface area contributed by atoms with Crippen molar-refractivity contribution in [1.82, 2.24) is 5.32 Å². The maximum Gasteiger partial charge on any atom is 0.343 e. The highest BCUT2D eigenvalue weighted by Gasteiger charge is 2.28. The molecule has 5 N–H and O–H groups in total. The molecular weight excluding hydrogens is 280 g/mol. The Labute approximate surface area is 120 Å². The summed E-state index contributed by atoms with van der Waals surface area (Å²) < 4.78 is 4.77. The molecule has 0 atom stereocenters. The van der Waals surface area contributed by atoms with E-state index < -0.39 is 11.9 Å². The number of primary amides is 1. The van der Waals surface area contributed by atoms with Gasteiger partial charge in [0.15, 0.2) is 0 Å². The van der Waals surface area contributed by atoms with E-state index in [-0.39, 0.29) is 16.1 Å². The van der Waals surface area contributed by atoms with Crippen LogP contribution in [0.1, 0.15) is 26.5 Å². The molecule has 1 amide bonds. The zero-order valence-corrected chi connectivity index (χ0v) is 12.1. The van der Waals surface area contributed by atoms with E-state index in [1.165, 1.54) is 7.11 Å². The fourth-order valence-electron chi connectivity index (χ4n) is 2.19. The zero-order valence-electron chi connectivity index (χ0n) is 11.3. The van der Waals surface area contributed by atoms with E-state index in [4.69, 9.17) is 16.2 Å². The number of amides is 1. The van der Waals surface area contributed by atoms with Crippen molar-refractivity contribution in [2.24, 2.45) is 5.73 Å². The number of carbonyl (C=O) groups is 2. The Balaban J connectivity index is 2.46. The Bertz CT molecular complexity index is 521. The number of hydrogen-bond acceptors (Lipinski definition) is 7. The minimum atomic E-state index is -0.628. The molecule has 0 aliphatic carbocycles. The van der Waals surface area contributed by atoms with Crippen LogP contribution in [0.15, 0.2) is 0 Å². The Kier molecular flexibility index (Phi) is 4.46. The van der Waals surface area contributed by atoms with Gasteiger partial charge in [-0.25, -0.2) is 4.79 Å². The maximum atomic E-state index is 11.9. The van der Waals surface area contributed by atoms with Crippen LogP contribution in [0.4, 0.5) is 10.7 Å². The molecule has 1 saturated heterocycles. The molecule has 8 heteroatoms. The lowest BCUT2D eigenvalue weighted by molar-refractivity contribution is 0.0603. The second-order valence-electron chi connectivity index (χ2n) is 4.47. The van der Waals surface area contributed by atoms with Gasteiger partial charge in [0.1, 0.15) is 15.4 Å². The molecule has 110 valence electrons. The van der Waals surface area contributed by atoms with Crippen molar-refractivity contribution >= 4 is 33.9 Å². The van der Waals surface area contributed by atoms with Gasteiger partial charge in [-0.3, -0.25) is 4.79 Å². The van der Waals surface area contributed by atoms with Crippen LogP contribution in [0.25, 0.3) is 0 Å². The number of methoxy groups -OCH3 is 1. The number of nitrogens with zero attached hydrogens (tertiary/aromatic N) is 1. The summed E-state index contributed by atoms with van der Waals surface area (Å²) in [4.78, 5) is 25.6. The topological polar surface area (TPSA) is 111 Å². The molecule has 1 aliphatic heterocycles. The van der Waals surface area contributed by atoms with Gasteiger partial charge >= 0.3 is 5.97 Å². The number of hydrogen-bond donors (Lipinski definition) is 3. The molecule has 1 aromatic heterocycles. The molecular formula is C12H18N4O3S. The summed E-state index contributed by atoms with van der Waals surface area (Å²) in [6.07, 6.45) is 0.949. The molecule has 0 saturated carbocycles. The van der Waals surface area contributed by atoms with Crippen LogP contribution < -0.4 is 21.7 Å². The Hall–Kier alpha value is -1.80. The van der Waals surface area contributed by atoms with E-state index in [0.717, 1.165) is 43.9 Å². The number of nitrogens with one attached hydrogen (secondary N) is 1. The lowest BCUT2D eigenvalue weighted by Gasteiger charge is -2.21. The van der Waals surface area contributed by atoms with Crippen molar-refractivity contribution in [3.63, 3.8) is 0 Å². The highest BCUT2D eigenvalue weighted by atomic mass is 32.1. The van der Waals surface area contributed by atoms with E-state index in [1.807, 2.05) is 4.90 Å². The molecule has 1 aliphatic rings. The first kappa shape index (κ1) is 14.6. The second-order valence-corrected chi connectivity index (χ2v) is 5.47. The van der Waals surface area contributed by atoms with Crippen molar-refractivity contribution in [3.05, 3.63) is 10.4 Å². The summed E-state index contributed by atoms with van der Waals surface area (Å²) >= 11 is 1.15. The predicted octanol–water partition coefficient (Wildman–Crippen LogP) is 0.0155. The Morgan fingerprint density at radius 2 is 2.10 bits per heavy atom. The van der Waals surface area contributed by atoms with E-state index in [1.54, 1.807) is 0 Å². The van der Waals surface area contributed by atoms with Gasteiger partial charge in [0.05, 0.1) is 12.8 Å². The van der Waals surface area contributed by atoms with E-state index in [2.05, 4.69) is 5.32 Å². The Morgan fingerprint density at radius 1 is 1.35 bits per heavy atom. The fourth-order valence-corrected chi connectivity index (χ4v) is 3.30. The molecule has 2 heterocycles. The SMILES string of the molecule is COC(=O)c1c(N2CCCNCC2)sc(C(N)=O)c1N. The second kappa shape index (κ2) is 6.10. The monoisotopic (exact) mass is 298 g/mol. The first-order valence-electron chi connectivity index (χ1n) is 6.32. The molecule has 2 rings (SSSR count). The standard InChI is InChI=1S/C12H18N4O3S/c1-19-12(18)7-8(13)9(10(14)17)20-11(7)16-5-2-3-15-4-6-16/h15H,2-6,13H2,1H3,(H2,14,17). The van der Waals surface area contributed by atoms with Gasteiger partial charge in [-0.15, -0.1) is 11.3 Å². The predicted molar refractivity (Wildman–Crippen MR) is 78.3 cm³/mol. The third-order valence-electron chi connectivity index (χ3n) is 3.17. The zero-order chi connectivity index (χ0) is 14.7. The van der Waals surface area contributed by atoms with Gasteiger partial charge in [-0.1, -0.05) is 0 Å². The quantitative estimate of drug-likeness (QED) is 0.678. The van der Waals surface area contributed by atoms with Crippen molar-refractivity contribution in [2.75, 3.05) is 43.9 Å². The molecule has 1 aromatic rings. The third-order valence-corrected chi connectivity index (χ3v) is 4.45. The van der Waals surface area contributed by atoms with Crippen LogP contribution in [-0.4, -0.2) is 45.2 Å². The number of anilines is 2. The molecule has 0 radical (unpaired) electrons. The maximum absolute atomic E-state index is 11.9. The number of carbonyl (C=O) groups excluding carboxylic acids is 2. The number of rotatable bonds is 3. The molecule has 0 unspecified atom stereocenters. The summed E-state index contributed by atoms with van der Waals surface area (Å²) in [6.45, 7) is 3.26. The average molecular weight is 298 g/mol. The van der Waals surface area contributed by atoms with Gasteiger partial charge in [-0.2, -0.15) is 0 Å². The number of nitrogens with two attached hydrogens (primary N) is 2. The molecule has 7 nitrogen and oxygen atoms in total. The summed E-state index contributed by atoms with van der Waals surface area (Å²) in [7, 11) is 1.29. The largest absolute Gasteiger partial charge is 0.465 e. The van der Waals surface area contributed by atoms with Crippen molar-refractivity contribution in [1.29, 1.82) is 0 Å². The highest BCUT2D eigenvalue weighted by molar-refractivity contribution is 7.19. The molecule has 1 fully saturated rings. The molecule has 0 spiro atoms. The van der Waals surface area contributed by atoms with Crippen molar-refractivity contribution in [3.8, 4) is 0 Å². The lowest BCUT2D eigenvalue weighted by atomic mass is 10.2. The van der Waals surface area contributed by atoms with Crippen LogP contribution >= 0.6 is 11.3 Å². The molecule has 0 bridgehead atoms. The normalized spacial score (nSPS) is 15.8. The smallest absolute Gasteiger partial charge is 0.343 e. The van der Waals surface area contributed by atoms with Gasteiger partial charge < -0.3 is 26.4 Å². The number of ether oxygens (including phenoxy) is 1. The first-order valence-corrected chi connectivity index (χ1v) is 7.14. The fraction of sp³-hybridized carbons (Fsp3) is 0.500. The van der Waals surface area contributed by atoms with Crippen LogP contribution in [-0.2, 0) is 4.74 Å². The van der Waals surface area contributed by atoms with Gasteiger partial charge in [0, 0.05) is 19.6 Å². The summed E-state index contributed by atoms with van der Waals surface area (Å²) in [5.74, 6) is -1.17. The van der Waals surface area contributed by atoms with Gasteiger partial charge in [-0.05, 0) is 13.0 Å². The Morgan fingerprint density at radius 3 is 2.75 bits per heavy atom. The number of nitrogen functional groups attached to an aromatic ring is 1. The van der Waals surface area contributed by atoms with E-state index in [9.17, 15) is 9.59 Å². The van der Waals surface area contributed by atoms with Crippen LogP contribution in [0.5, 0.6) is 0 Å². The minimum absolute atomic E-state index is 0.113. The first-order chi connectivity index (χ1) is 9.56. The summed E-state index contributed by atoms with van der Waals surface area (Å²) in [5.41, 5.74) is 11.6. The van der Waals surface area contributed by atoms with Crippen molar-refractivity contribution < 1.29 is 14.3 Å². The average Bonchev–Trinajstić information content (AvgIpc) is 2.63. The van der Waals surface area contributed by atoms with E-state index >= 15 is 0 Å². The summed E-state index contributed by atoms with van der Waals surface area (Å²) in [5, 5.41) is 3.94. The number of thiophene rings is 1. The van der Waals surface area contributed by atoms with Crippen LogP contribution in [0.2, 0.25) is 0 Å². The minimum Gasteiger partial charge on any atom is -0.465 e. The highest BCUT2D eigenvalue weighted by Crippen LogP contribution is 2.38. The van der Waals surface area contributed by atoms with Crippen LogP contribution in [0.3, 0.4) is 0 Å². The molecule has 0 aromatic carbocycles. The van der Waals surface area contributed by atoms with Crippen molar-refractivity contribution in [2.45, 2.75) is 6.42 Å². The van der Waals surface area contributed by atoms with Crippen LogP contribution in [0, 0.1) is 0 Å². The number of esters is 1.